The zero-order chi connectivity index (χ0) is 19.8. The molecule has 5 nitrogen and oxygen atoms in total. The zero-order valence-electron chi connectivity index (χ0n) is 16.2. The van der Waals surface area contributed by atoms with Crippen molar-refractivity contribution < 1.29 is 4.42 Å². The lowest BCUT2D eigenvalue weighted by Crippen LogP contribution is -2.06. The van der Waals surface area contributed by atoms with Crippen LogP contribution in [0.5, 0.6) is 0 Å². The minimum absolute atomic E-state index is 0.829. The summed E-state index contributed by atoms with van der Waals surface area (Å²) in [6, 6.07) is 24.8. The van der Waals surface area contributed by atoms with Crippen LogP contribution in [0, 0.1) is 0 Å². The fourth-order valence-corrected chi connectivity index (χ4v) is 4.47. The smallest absolute Gasteiger partial charge is 0.222 e. The van der Waals surface area contributed by atoms with Gasteiger partial charge in [-0.15, -0.1) is 0 Å². The molecule has 0 aliphatic heterocycles. The maximum absolute atomic E-state index is 6.38. The fraction of sp³-hybridized carbons (Fsp3) is 0. The van der Waals surface area contributed by atoms with Crippen molar-refractivity contribution in [2.75, 3.05) is 0 Å². The van der Waals surface area contributed by atoms with E-state index in [-0.39, 0.29) is 0 Å². The summed E-state index contributed by atoms with van der Waals surface area (Å²) < 4.78 is 10.7. The summed E-state index contributed by atoms with van der Waals surface area (Å²) in [6.45, 7) is 0. The number of fused-ring (bicyclic) bond motifs is 9. The number of hydrogen-bond acceptors (Lipinski definition) is 3. The second-order valence-electron chi connectivity index (χ2n) is 7.67. The molecule has 6 heteroatoms. The Hall–Kier alpha value is -4.06. The number of imidazole rings is 2. The lowest BCUT2D eigenvalue weighted by molar-refractivity contribution is 0.671. The van der Waals surface area contributed by atoms with Gasteiger partial charge in [-0.05, 0) is 36.4 Å². The monoisotopic (exact) mass is 386 g/mol. The second kappa shape index (κ2) is 5.51. The van der Waals surface area contributed by atoms with Gasteiger partial charge in [-0.2, -0.15) is 0 Å². The van der Waals surface area contributed by atoms with Crippen molar-refractivity contribution in [3.05, 3.63) is 79.0 Å². The molecule has 7 rings (SSSR count). The van der Waals surface area contributed by atoms with Crippen molar-refractivity contribution in [1.82, 2.24) is 18.9 Å². The highest BCUT2D eigenvalue weighted by molar-refractivity contribution is 6.32. The quantitative estimate of drug-likeness (QED) is 0.401. The number of para-hydroxylation sites is 3. The van der Waals surface area contributed by atoms with Crippen molar-refractivity contribution in [2.45, 2.75) is 0 Å². The van der Waals surface area contributed by atoms with Crippen molar-refractivity contribution in [2.24, 2.45) is 0 Å². The van der Waals surface area contributed by atoms with Crippen LogP contribution in [0.25, 0.3) is 55.6 Å². The number of rotatable bonds is 1. The van der Waals surface area contributed by atoms with Gasteiger partial charge in [0.1, 0.15) is 24.8 Å². The summed E-state index contributed by atoms with van der Waals surface area (Å²) in [6.07, 6.45) is 1.89. The summed E-state index contributed by atoms with van der Waals surface area (Å²) >= 11 is 0. The maximum atomic E-state index is 6.38. The number of aromatic nitrogens is 4. The first kappa shape index (κ1) is 15.8. The molecule has 0 bridgehead atoms. The van der Waals surface area contributed by atoms with Crippen LogP contribution in [-0.2, 0) is 0 Å². The first-order valence-corrected chi connectivity index (χ1v) is 9.94. The normalized spacial score (nSPS) is 12.1. The Labute approximate surface area is 171 Å². The summed E-state index contributed by atoms with van der Waals surface area (Å²) in [5.41, 5.74) is 6.91. The van der Waals surface area contributed by atoms with Gasteiger partial charge in [0.15, 0.2) is 5.58 Å². The van der Waals surface area contributed by atoms with Crippen molar-refractivity contribution in [1.29, 1.82) is 0 Å². The number of benzene rings is 3. The standard InChI is InChI=1S/C24H15BN4O/c25-14-9-12-21(26-13-14)28-19-11-10-16-15-5-1-4-8-20(15)30-23(16)22(19)29-18-7-3-2-6-17(18)27-24(28)29/h1-13H,25H2. The minimum Gasteiger partial charge on any atom is -0.454 e. The molecule has 0 fully saturated rings. The molecule has 30 heavy (non-hydrogen) atoms. The molecule has 0 atom stereocenters. The van der Waals surface area contributed by atoms with E-state index in [9.17, 15) is 0 Å². The molecule has 0 spiro atoms. The van der Waals surface area contributed by atoms with Gasteiger partial charge >= 0.3 is 0 Å². The number of nitrogens with zero attached hydrogens (tertiary/aromatic N) is 4. The van der Waals surface area contributed by atoms with Gasteiger partial charge < -0.3 is 4.42 Å². The van der Waals surface area contributed by atoms with E-state index in [4.69, 9.17) is 14.4 Å². The van der Waals surface area contributed by atoms with E-state index in [0.717, 1.165) is 61.1 Å². The summed E-state index contributed by atoms with van der Waals surface area (Å²) in [5, 5.41) is 2.22. The topological polar surface area (TPSA) is 48.3 Å². The van der Waals surface area contributed by atoms with E-state index in [1.807, 2.05) is 56.5 Å². The Bertz CT molecular complexity index is 1760. The molecular formula is C24H15BN4O. The molecule has 140 valence electrons. The highest BCUT2D eigenvalue weighted by atomic mass is 16.3. The average molecular weight is 386 g/mol. The molecule has 0 unspecified atom stereocenters. The van der Waals surface area contributed by atoms with Crippen LogP contribution in [-0.4, -0.2) is 26.8 Å². The Balaban J connectivity index is 1.77. The zero-order valence-corrected chi connectivity index (χ0v) is 16.2. The third-order valence-electron chi connectivity index (χ3n) is 5.83. The van der Waals surface area contributed by atoms with E-state index in [1.165, 1.54) is 0 Å². The maximum Gasteiger partial charge on any atom is 0.222 e. The molecule has 0 amide bonds. The fourth-order valence-electron chi connectivity index (χ4n) is 4.47. The van der Waals surface area contributed by atoms with Crippen LogP contribution >= 0.6 is 0 Å². The van der Waals surface area contributed by atoms with Gasteiger partial charge in [-0.1, -0.05) is 41.9 Å². The van der Waals surface area contributed by atoms with Gasteiger partial charge in [0, 0.05) is 17.0 Å². The van der Waals surface area contributed by atoms with E-state index in [1.54, 1.807) is 0 Å². The SMILES string of the molecule is Bc1ccc(-n2c3ccc4c5ccccc5oc4c3n3c4ccccc4nc23)nc1. The lowest BCUT2D eigenvalue weighted by atomic mass is 9.99. The Morgan fingerprint density at radius 3 is 2.57 bits per heavy atom. The van der Waals surface area contributed by atoms with E-state index in [0.29, 0.717) is 0 Å². The molecule has 0 radical (unpaired) electrons. The van der Waals surface area contributed by atoms with E-state index in [2.05, 4.69) is 39.3 Å². The van der Waals surface area contributed by atoms with Crippen molar-refractivity contribution in [3.8, 4) is 5.82 Å². The molecule has 0 saturated carbocycles. The number of pyridine rings is 1. The van der Waals surface area contributed by atoms with Crippen molar-refractivity contribution in [3.63, 3.8) is 0 Å². The van der Waals surface area contributed by atoms with Crippen LogP contribution in [0.15, 0.2) is 83.4 Å². The third kappa shape index (κ3) is 1.92. The largest absolute Gasteiger partial charge is 0.454 e. The Kier molecular flexibility index (Phi) is 2.91. The Morgan fingerprint density at radius 1 is 0.800 bits per heavy atom. The van der Waals surface area contributed by atoms with Crippen LogP contribution in [0.2, 0.25) is 0 Å². The van der Waals surface area contributed by atoms with Crippen LogP contribution in [0.3, 0.4) is 0 Å². The number of hydrogen-bond donors (Lipinski definition) is 0. The van der Waals surface area contributed by atoms with Gasteiger partial charge in [0.2, 0.25) is 5.78 Å². The molecule has 0 saturated heterocycles. The average Bonchev–Trinajstić information content (AvgIpc) is 3.42. The second-order valence-corrected chi connectivity index (χ2v) is 7.67. The van der Waals surface area contributed by atoms with Crippen LogP contribution in [0.1, 0.15) is 0 Å². The Morgan fingerprint density at radius 2 is 1.67 bits per heavy atom. The molecular weight excluding hydrogens is 371 g/mol. The molecule has 0 aliphatic carbocycles. The van der Waals surface area contributed by atoms with Gasteiger partial charge in [0.25, 0.3) is 0 Å². The van der Waals surface area contributed by atoms with Crippen LogP contribution < -0.4 is 5.46 Å². The highest BCUT2D eigenvalue weighted by Crippen LogP contribution is 2.37. The van der Waals surface area contributed by atoms with E-state index < -0.39 is 0 Å². The predicted molar refractivity (Wildman–Crippen MR) is 123 cm³/mol. The minimum atomic E-state index is 0.829. The highest BCUT2D eigenvalue weighted by Gasteiger charge is 2.22. The molecule has 0 aliphatic rings. The molecule has 0 N–H and O–H groups in total. The van der Waals surface area contributed by atoms with Gasteiger partial charge in [-0.3, -0.25) is 8.97 Å². The molecule has 4 aromatic heterocycles. The summed E-state index contributed by atoms with van der Waals surface area (Å²) in [5.74, 6) is 1.67. The van der Waals surface area contributed by atoms with Gasteiger partial charge in [0.05, 0.1) is 16.6 Å². The van der Waals surface area contributed by atoms with Crippen LogP contribution in [0.4, 0.5) is 0 Å². The lowest BCUT2D eigenvalue weighted by Gasteiger charge is -2.04. The molecule has 3 aromatic carbocycles. The predicted octanol–water partition coefficient (Wildman–Crippen LogP) is 3.98. The third-order valence-corrected chi connectivity index (χ3v) is 5.83. The van der Waals surface area contributed by atoms with Crippen molar-refractivity contribution >= 4 is 63.1 Å². The first-order chi connectivity index (χ1) is 14.8. The summed E-state index contributed by atoms with van der Waals surface area (Å²) in [4.78, 5) is 9.65. The van der Waals surface area contributed by atoms with E-state index >= 15 is 0 Å². The number of furan rings is 1. The van der Waals surface area contributed by atoms with Gasteiger partial charge in [-0.25, -0.2) is 9.97 Å². The molecule has 7 aromatic rings. The summed E-state index contributed by atoms with van der Waals surface area (Å²) in [7, 11) is 2.04. The first-order valence-electron chi connectivity index (χ1n) is 9.94. The molecule has 4 heterocycles.